The maximum Gasteiger partial charge on any atom is 0.328 e. The average Bonchev–Trinajstić information content (AvgIpc) is 2.45. The molecule has 1 heterocycles. The van der Waals surface area contributed by atoms with Crippen molar-refractivity contribution in [3.05, 3.63) is 41.5 Å². The molecule has 0 saturated carbocycles. The van der Waals surface area contributed by atoms with Crippen molar-refractivity contribution in [3.63, 3.8) is 0 Å². The van der Waals surface area contributed by atoms with Gasteiger partial charge in [-0.1, -0.05) is 19.1 Å². The van der Waals surface area contributed by atoms with E-state index in [1.807, 2.05) is 4.90 Å². The second kappa shape index (κ2) is 6.57. The quantitative estimate of drug-likeness (QED) is 0.869. The zero-order valence-electron chi connectivity index (χ0n) is 12.5. The van der Waals surface area contributed by atoms with Crippen molar-refractivity contribution in [3.8, 4) is 0 Å². The van der Waals surface area contributed by atoms with E-state index in [9.17, 15) is 9.59 Å². The Morgan fingerprint density at radius 3 is 2.48 bits per heavy atom. The van der Waals surface area contributed by atoms with Crippen LogP contribution in [0.5, 0.6) is 0 Å². The van der Waals surface area contributed by atoms with Crippen molar-refractivity contribution in [2.75, 3.05) is 6.54 Å². The number of benzene rings is 1. The Morgan fingerprint density at radius 1 is 1.24 bits per heavy atom. The first-order valence-electron chi connectivity index (χ1n) is 7.29. The number of carboxylic acids is 1. The lowest BCUT2D eigenvalue weighted by molar-refractivity contribution is -0.131. The maximum absolute atomic E-state index is 12.5. The van der Waals surface area contributed by atoms with E-state index in [4.69, 9.17) is 5.11 Å². The van der Waals surface area contributed by atoms with Gasteiger partial charge in [0.15, 0.2) is 0 Å². The highest BCUT2D eigenvalue weighted by Gasteiger charge is 2.27. The number of aliphatic carboxylic acids is 1. The standard InChI is InChI=1S/C17H21NO3/c1-12-9-10-18(13(2)11-12)17(21)15-6-3-14(4-7-15)5-8-16(19)20/h3-8,12-13H,9-11H2,1-2H3,(H,19,20). The Morgan fingerprint density at radius 2 is 1.90 bits per heavy atom. The zero-order valence-corrected chi connectivity index (χ0v) is 12.5. The summed E-state index contributed by atoms with van der Waals surface area (Å²) >= 11 is 0. The van der Waals surface area contributed by atoms with Gasteiger partial charge in [-0.15, -0.1) is 0 Å². The normalized spacial score (nSPS) is 22.5. The first kappa shape index (κ1) is 15.3. The number of hydrogen-bond acceptors (Lipinski definition) is 2. The fourth-order valence-corrected chi connectivity index (χ4v) is 2.78. The molecule has 1 aliphatic rings. The Hall–Kier alpha value is -2.10. The molecule has 2 atom stereocenters. The molecule has 4 nitrogen and oxygen atoms in total. The highest BCUT2D eigenvalue weighted by atomic mass is 16.4. The number of hydrogen-bond donors (Lipinski definition) is 1. The van der Waals surface area contributed by atoms with Crippen LogP contribution in [-0.2, 0) is 4.79 Å². The van der Waals surface area contributed by atoms with E-state index < -0.39 is 5.97 Å². The molecule has 4 heteroatoms. The lowest BCUT2D eigenvalue weighted by Crippen LogP contribution is -2.44. The molecule has 112 valence electrons. The van der Waals surface area contributed by atoms with Gasteiger partial charge in [0, 0.05) is 24.2 Å². The van der Waals surface area contributed by atoms with E-state index in [0.717, 1.165) is 31.0 Å². The summed E-state index contributed by atoms with van der Waals surface area (Å²) in [6.07, 6.45) is 4.70. The first-order chi connectivity index (χ1) is 9.97. The highest BCUT2D eigenvalue weighted by molar-refractivity contribution is 5.94. The number of carboxylic acid groups (broad SMARTS) is 1. The van der Waals surface area contributed by atoms with Gasteiger partial charge in [0.1, 0.15) is 0 Å². The molecule has 2 rings (SSSR count). The van der Waals surface area contributed by atoms with Gasteiger partial charge in [-0.3, -0.25) is 4.79 Å². The smallest absolute Gasteiger partial charge is 0.328 e. The molecule has 1 N–H and O–H groups in total. The minimum Gasteiger partial charge on any atom is -0.478 e. The molecule has 1 fully saturated rings. The molecule has 1 aliphatic heterocycles. The summed E-state index contributed by atoms with van der Waals surface area (Å²) in [7, 11) is 0. The molecule has 0 radical (unpaired) electrons. The van der Waals surface area contributed by atoms with Crippen molar-refractivity contribution < 1.29 is 14.7 Å². The number of piperidine rings is 1. The maximum atomic E-state index is 12.5. The van der Waals surface area contributed by atoms with Crippen LogP contribution in [0.3, 0.4) is 0 Å². The second-order valence-electron chi connectivity index (χ2n) is 5.77. The largest absolute Gasteiger partial charge is 0.478 e. The molecule has 0 bridgehead atoms. The van der Waals surface area contributed by atoms with Gasteiger partial charge in [0.05, 0.1) is 0 Å². The van der Waals surface area contributed by atoms with Crippen LogP contribution >= 0.6 is 0 Å². The molecule has 0 spiro atoms. The summed E-state index contributed by atoms with van der Waals surface area (Å²) < 4.78 is 0. The molecular formula is C17H21NO3. The van der Waals surface area contributed by atoms with Crippen LogP contribution in [0.4, 0.5) is 0 Å². The van der Waals surface area contributed by atoms with E-state index in [1.54, 1.807) is 24.3 Å². The summed E-state index contributed by atoms with van der Waals surface area (Å²) in [6.45, 7) is 5.13. The molecule has 0 aliphatic carbocycles. The van der Waals surface area contributed by atoms with E-state index in [2.05, 4.69) is 13.8 Å². The predicted octanol–water partition coefficient (Wildman–Crippen LogP) is 3.05. The van der Waals surface area contributed by atoms with Crippen molar-refractivity contribution >= 4 is 18.0 Å². The Balaban J connectivity index is 2.08. The third kappa shape index (κ3) is 3.94. The third-order valence-corrected chi connectivity index (χ3v) is 3.98. The van der Waals surface area contributed by atoms with E-state index in [-0.39, 0.29) is 11.9 Å². The van der Waals surface area contributed by atoms with Crippen molar-refractivity contribution in [2.45, 2.75) is 32.7 Å². The summed E-state index contributed by atoms with van der Waals surface area (Å²) in [5.41, 5.74) is 1.43. The first-order valence-corrected chi connectivity index (χ1v) is 7.29. The minimum absolute atomic E-state index is 0.0585. The number of carbonyl (C=O) groups is 2. The molecule has 0 aromatic heterocycles. The lowest BCUT2D eigenvalue weighted by Gasteiger charge is -2.36. The van der Waals surface area contributed by atoms with Crippen LogP contribution in [0, 0.1) is 5.92 Å². The summed E-state index contributed by atoms with van der Waals surface area (Å²) in [4.78, 5) is 24.9. The van der Waals surface area contributed by atoms with Crippen molar-refractivity contribution in [1.82, 2.24) is 4.90 Å². The lowest BCUT2D eigenvalue weighted by atomic mass is 9.93. The highest BCUT2D eigenvalue weighted by Crippen LogP contribution is 2.23. The van der Waals surface area contributed by atoms with Gasteiger partial charge in [0.2, 0.25) is 0 Å². The van der Waals surface area contributed by atoms with Gasteiger partial charge < -0.3 is 10.0 Å². The number of amides is 1. The Kier molecular flexibility index (Phi) is 4.78. The molecule has 2 unspecified atom stereocenters. The molecular weight excluding hydrogens is 266 g/mol. The Labute approximate surface area is 125 Å². The Bertz CT molecular complexity index is 548. The SMILES string of the molecule is CC1CCN(C(=O)c2ccc(C=CC(=O)O)cc2)C(C)C1. The van der Waals surface area contributed by atoms with Crippen LogP contribution in [0.1, 0.15) is 42.6 Å². The molecule has 1 aromatic carbocycles. The monoisotopic (exact) mass is 287 g/mol. The van der Waals surface area contributed by atoms with Gasteiger partial charge in [-0.25, -0.2) is 4.79 Å². The van der Waals surface area contributed by atoms with Crippen LogP contribution in [-0.4, -0.2) is 34.5 Å². The van der Waals surface area contributed by atoms with Crippen molar-refractivity contribution in [1.29, 1.82) is 0 Å². The molecule has 1 amide bonds. The summed E-state index contributed by atoms with van der Waals surface area (Å²) in [6, 6.07) is 7.32. The van der Waals surface area contributed by atoms with Crippen LogP contribution < -0.4 is 0 Å². The topological polar surface area (TPSA) is 57.6 Å². The number of carbonyl (C=O) groups excluding carboxylic acids is 1. The predicted molar refractivity (Wildman–Crippen MR) is 82.0 cm³/mol. The van der Waals surface area contributed by atoms with E-state index in [0.29, 0.717) is 11.5 Å². The third-order valence-electron chi connectivity index (χ3n) is 3.98. The average molecular weight is 287 g/mol. The van der Waals surface area contributed by atoms with Gasteiger partial charge in [-0.2, -0.15) is 0 Å². The summed E-state index contributed by atoms with van der Waals surface area (Å²) in [5, 5.41) is 8.59. The van der Waals surface area contributed by atoms with Crippen LogP contribution in [0.2, 0.25) is 0 Å². The minimum atomic E-state index is -0.980. The molecule has 21 heavy (non-hydrogen) atoms. The molecule has 1 aromatic rings. The van der Waals surface area contributed by atoms with Gasteiger partial charge in [0.25, 0.3) is 5.91 Å². The van der Waals surface area contributed by atoms with E-state index >= 15 is 0 Å². The zero-order chi connectivity index (χ0) is 15.4. The van der Waals surface area contributed by atoms with Gasteiger partial charge in [-0.05, 0) is 49.5 Å². The fraction of sp³-hybridized carbons (Fsp3) is 0.412. The summed E-state index contributed by atoms with van der Waals surface area (Å²) in [5.74, 6) is -0.248. The number of likely N-dealkylation sites (tertiary alicyclic amines) is 1. The molecule has 1 saturated heterocycles. The fourth-order valence-electron chi connectivity index (χ4n) is 2.78. The van der Waals surface area contributed by atoms with E-state index in [1.165, 1.54) is 6.08 Å². The van der Waals surface area contributed by atoms with Crippen molar-refractivity contribution in [2.24, 2.45) is 5.92 Å². The van der Waals surface area contributed by atoms with Crippen LogP contribution in [0.15, 0.2) is 30.3 Å². The number of nitrogens with zero attached hydrogens (tertiary/aromatic N) is 1. The van der Waals surface area contributed by atoms with Crippen LogP contribution in [0.25, 0.3) is 6.08 Å². The van der Waals surface area contributed by atoms with Gasteiger partial charge >= 0.3 is 5.97 Å². The second-order valence-corrected chi connectivity index (χ2v) is 5.77. The number of rotatable bonds is 3.